The van der Waals surface area contributed by atoms with Crippen LogP contribution < -0.4 is 5.32 Å². The molecule has 0 spiro atoms. The molecule has 9 heteroatoms. The van der Waals surface area contributed by atoms with Gasteiger partial charge in [0.05, 0.1) is 18.1 Å². The van der Waals surface area contributed by atoms with E-state index in [1.807, 2.05) is 0 Å². The highest BCUT2D eigenvalue weighted by atomic mass is 79.9. The molecule has 0 atom stereocenters. The van der Waals surface area contributed by atoms with Crippen LogP contribution >= 0.6 is 15.9 Å². The molecule has 140 valence electrons. The smallest absolute Gasteiger partial charge is 0.255 e. The number of hydrogen-bond donors (Lipinski definition) is 3. The summed E-state index contributed by atoms with van der Waals surface area (Å²) < 4.78 is 27.1. The molecule has 2 aromatic carbocycles. The van der Waals surface area contributed by atoms with E-state index in [1.165, 1.54) is 24.3 Å². The summed E-state index contributed by atoms with van der Waals surface area (Å²) in [7, 11) is -3.93. The van der Waals surface area contributed by atoms with Crippen molar-refractivity contribution in [2.24, 2.45) is 0 Å². The maximum absolute atomic E-state index is 12.6. The Morgan fingerprint density at radius 3 is 2.23 bits per heavy atom. The number of rotatable bonds is 8. The number of sulfonamides is 1. The second-order valence-electron chi connectivity index (χ2n) is 5.34. The molecule has 2 rings (SSSR count). The lowest BCUT2D eigenvalue weighted by Gasteiger charge is -2.20. The number of hydrogen-bond acceptors (Lipinski definition) is 5. The highest BCUT2D eigenvalue weighted by Crippen LogP contribution is 2.19. The summed E-state index contributed by atoms with van der Waals surface area (Å²) in [5, 5.41) is 20.8. The Labute approximate surface area is 160 Å². The lowest BCUT2D eigenvalue weighted by atomic mass is 10.2. The third-order valence-electron chi connectivity index (χ3n) is 3.53. The molecule has 26 heavy (non-hydrogen) atoms. The van der Waals surface area contributed by atoms with E-state index in [-0.39, 0.29) is 36.8 Å². The Hall–Kier alpha value is -1.78. The lowest BCUT2D eigenvalue weighted by Crippen LogP contribution is -2.36. The van der Waals surface area contributed by atoms with Gasteiger partial charge in [0.1, 0.15) is 0 Å². The van der Waals surface area contributed by atoms with Crippen LogP contribution in [0.4, 0.5) is 5.69 Å². The van der Waals surface area contributed by atoms with Crippen LogP contribution in [-0.2, 0) is 10.0 Å². The predicted octanol–water partition coefficient (Wildman–Crippen LogP) is 1.68. The average molecular weight is 443 g/mol. The van der Waals surface area contributed by atoms with Gasteiger partial charge < -0.3 is 15.5 Å². The van der Waals surface area contributed by atoms with Gasteiger partial charge in [-0.1, -0.05) is 22.0 Å². The molecule has 0 saturated carbocycles. The summed E-state index contributed by atoms with van der Waals surface area (Å²) in [5.41, 5.74) is 0.760. The molecule has 0 aromatic heterocycles. The van der Waals surface area contributed by atoms with Crippen molar-refractivity contribution < 1.29 is 23.4 Å². The van der Waals surface area contributed by atoms with Crippen LogP contribution in [0.15, 0.2) is 57.9 Å². The van der Waals surface area contributed by atoms with Crippen molar-refractivity contribution in [3.63, 3.8) is 0 Å². The first-order chi connectivity index (χ1) is 12.4. The van der Waals surface area contributed by atoms with Crippen molar-refractivity contribution in [2.45, 2.75) is 4.90 Å². The minimum absolute atomic E-state index is 0.0807. The molecule has 0 aliphatic heterocycles. The van der Waals surface area contributed by atoms with Crippen LogP contribution in [0.3, 0.4) is 0 Å². The second kappa shape index (κ2) is 9.24. The number of carbonyl (C=O) groups is 1. The van der Waals surface area contributed by atoms with E-state index in [2.05, 4.69) is 21.2 Å². The van der Waals surface area contributed by atoms with Crippen molar-refractivity contribution >= 4 is 37.5 Å². The predicted molar refractivity (Wildman–Crippen MR) is 101 cm³/mol. The molecule has 0 saturated heterocycles. The number of nitrogens with zero attached hydrogens (tertiary/aromatic N) is 1. The van der Waals surface area contributed by atoms with E-state index in [1.54, 1.807) is 24.3 Å². The minimum Gasteiger partial charge on any atom is -0.395 e. The summed E-state index contributed by atoms with van der Waals surface area (Å²) in [4.78, 5) is 12.3. The number of aliphatic hydroxyl groups excluding tert-OH is 2. The van der Waals surface area contributed by atoms with Crippen LogP contribution in [-0.4, -0.2) is 55.1 Å². The van der Waals surface area contributed by atoms with Crippen molar-refractivity contribution in [1.29, 1.82) is 0 Å². The van der Waals surface area contributed by atoms with Crippen LogP contribution in [0, 0.1) is 0 Å². The fourth-order valence-electron chi connectivity index (χ4n) is 2.26. The molecule has 2 aromatic rings. The third-order valence-corrected chi connectivity index (χ3v) is 5.96. The van der Waals surface area contributed by atoms with E-state index in [9.17, 15) is 13.2 Å². The number of halogens is 1. The molecule has 0 unspecified atom stereocenters. The number of benzene rings is 2. The minimum atomic E-state index is -3.93. The molecular formula is C17H19BrN2O5S. The molecule has 0 aliphatic carbocycles. The highest BCUT2D eigenvalue weighted by molar-refractivity contribution is 9.10. The van der Waals surface area contributed by atoms with Gasteiger partial charge >= 0.3 is 0 Å². The van der Waals surface area contributed by atoms with Crippen molar-refractivity contribution in [3.8, 4) is 0 Å². The van der Waals surface area contributed by atoms with Crippen LogP contribution in [0.2, 0.25) is 0 Å². The normalized spacial score (nSPS) is 11.5. The summed E-state index contributed by atoms with van der Waals surface area (Å²) >= 11 is 3.31. The summed E-state index contributed by atoms with van der Waals surface area (Å²) in [6.07, 6.45) is 0. The van der Waals surface area contributed by atoms with Gasteiger partial charge in [-0.15, -0.1) is 0 Å². The molecule has 0 bridgehead atoms. The first kappa shape index (κ1) is 20.5. The summed E-state index contributed by atoms with van der Waals surface area (Å²) in [5.74, 6) is -0.444. The van der Waals surface area contributed by atoms with E-state index < -0.39 is 15.9 Å². The molecule has 3 N–H and O–H groups in total. The molecule has 1 amide bonds. The van der Waals surface area contributed by atoms with Crippen molar-refractivity contribution in [2.75, 3.05) is 31.6 Å². The largest absolute Gasteiger partial charge is 0.395 e. The molecule has 7 nitrogen and oxygen atoms in total. The van der Waals surface area contributed by atoms with Crippen LogP contribution in [0.25, 0.3) is 0 Å². The van der Waals surface area contributed by atoms with Gasteiger partial charge in [-0.25, -0.2) is 8.42 Å². The van der Waals surface area contributed by atoms with Gasteiger partial charge in [0.25, 0.3) is 5.91 Å². The van der Waals surface area contributed by atoms with Crippen LogP contribution in [0.1, 0.15) is 10.4 Å². The van der Waals surface area contributed by atoms with Crippen LogP contribution in [0.5, 0.6) is 0 Å². The molecule has 0 heterocycles. The maximum Gasteiger partial charge on any atom is 0.255 e. The average Bonchev–Trinajstić information content (AvgIpc) is 2.63. The molecule has 0 aliphatic rings. The number of anilines is 1. The third kappa shape index (κ3) is 5.12. The first-order valence-electron chi connectivity index (χ1n) is 7.77. The maximum atomic E-state index is 12.6. The van der Waals surface area contributed by atoms with E-state index in [0.717, 1.165) is 8.78 Å². The second-order valence-corrected chi connectivity index (χ2v) is 8.19. The quantitative estimate of drug-likeness (QED) is 0.576. The van der Waals surface area contributed by atoms with E-state index in [0.29, 0.717) is 5.69 Å². The lowest BCUT2D eigenvalue weighted by molar-refractivity contribution is 0.102. The number of carbonyl (C=O) groups excluding carboxylic acids is 1. The topological polar surface area (TPSA) is 107 Å². The fourth-order valence-corrected chi connectivity index (χ4v) is 3.99. The zero-order valence-electron chi connectivity index (χ0n) is 13.8. The zero-order valence-corrected chi connectivity index (χ0v) is 16.2. The number of aliphatic hydroxyl groups is 2. The molecule has 0 fully saturated rings. The number of amides is 1. The van der Waals surface area contributed by atoms with Gasteiger partial charge in [0.15, 0.2) is 0 Å². The van der Waals surface area contributed by atoms with Gasteiger partial charge in [0, 0.05) is 28.8 Å². The van der Waals surface area contributed by atoms with Gasteiger partial charge in [-0.05, 0) is 42.5 Å². The summed E-state index contributed by atoms with van der Waals surface area (Å²) in [6.45, 7) is -1.03. The monoisotopic (exact) mass is 442 g/mol. The summed E-state index contributed by atoms with van der Waals surface area (Å²) in [6, 6.07) is 12.6. The van der Waals surface area contributed by atoms with Gasteiger partial charge in [-0.2, -0.15) is 4.31 Å². The molecular weight excluding hydrogens is 424 g/mol. The first-order valence-corrected chi connectivity index (χ1v) is 10.0. The Bertz CT molecular complexity index is 850. The fraction of sp³-hybridized carbons (Fsp3) is 0.235. The SMILES string of the molecule is O=C(Nc1ccc(Br)cc1)c1cccc(S(=O)(=O)N(CCO)CCO)c1. The Morgan fingerprint density at radius 1 is 1.04 bits per heavy atom. The molecule has 0 radical (unpaired) electrons. The number of nitrogens with one attached hydrogen (secondary N) is 1. The van der Waals surface area contributed by atoms with E-state index >= 15 is 0 Å². The van der Waals surface area contributed by atoms with Gasteiger partial charge in [-0.3, -0.25) is 4.79 Å². The standard InChI is InChI=1S/C17H19BrN2O5S/c18-14-4-6-15(7-5-14)19-17(23)13-2-1-3-16(12-13)26(24,25)20(8-10-21)9-11-22/h1-7,12,21-22H,8-11H2,(H,19,23). The highest BCUT2D eigenvalue weighted by Gasteiger charge is 2.24. The Morgan fingerprint density at radius 2 is 1.65 bits per heavy atom. The van der Waals surface area contributed by atoms with Crippen molar-refractivity contribution in [3.05, 3.63) is 58.6 Å². The van der Waals surface area contributed by atoms with E-state index in [4.69, 9.17) is 10.2 Å². The van der Waals surface area contributed by atoms with Crippen molar-refractivity contribution in [1.82, 2.24) is 4.31 Å². The zero-order chi connectivity index (χ0) is 19.2. The van der Waals surface area contributed by atoms with Gasteiger partial charge in [0.2, 0.25) is 10.0 Å². The Kier molecular flexibility index (Phi) is 7.30. The Balaban J connectivity index is 2.25.